The minimum absolute atomic E-state index is 0.274. The van der Waals surface area contributed by atoms with Gasteiger partial charge in [0.25, 0.3) is 0 Å². The van der Waals surface area contributed by atoms with Crippen LogP contribution in [0.15, 0.2) is 24.3 Å². The molecule has 100 valence electrons. The maximum absolute atomic E-state index is 11.2. The smallest absolute Gasteiger partial charge is 0.312 e. The van der Waals surface area contributed by atoms with Crippen LogP contribution in [0.2, 0.25) is 0 Å². The summed E-state index contributed by atoms with van der Waals surface area (Å²) in [5, 5.41) is 19.5. The van der Waals surface area contributed by atoms with E-state index in [0.29, 0.717) is 0 Å². The van der Waals surface area contributed by atoms with Gasteiger partial charge in [-0.2, -0.15) is 0 Å². The lowest BCUT2D eigenvalue weighted by molar-refractivity contribution is -0.162. The Hall–Kier alpha value is -1.55. The Bertz CT molecular complexity index is 418. The molecule has 0 heterocycles. The number of ether oxygens (including phenoxy) is 1. The highest BCUT2D eigenvalue weighted by Crippen LogP contribution is 2.34. The fraction of sp³-hybridized carbons (Fsp3) is 0.500. The molecule has 0 spiro atoms. The fourth-order valence-corrected chi connectivity index (χ4v) is 1.59. The van der Waals surface area contributed by atoms with Gasteiger partial charge in [0, 0.05) is 6.42 Å². The molecule has 1 rings (SSSR count). The van der Waals surface area contributed by atoms with Gasteiger partial charge in [0.2, 0.25) is 0 Å². The molecule has 18 heavy (non-hydrogen) atoms. The molecule has 1 aromatic carbocycles. The maximum atomic E-state index is 11.2. The highest BCUT2D eigenvalue weighted by molar-refractivity contribution is 5.75. The number of methoxy groups -OCH3 is 1. The van der Waals surface area contributed by atoms with Crippen molar-refractivity contribution >= 4 is 5.97 Å². The molecule has 0 aliphatic heterocycles. The van der Waals surface area contributed by atoms with Gasteiger partial charge in [-0.3, -0.25) is 4.79 Å². The van der Waals surface area contributed by atoms with Crippen LogP contribution in [0.3, 0.4) is 0 Å². The molecular weight excluding hydrogens is 232 g/mol. The van der Waals surface area contributed by atoms with Crippen LogP contribution >= 0.6 is 0 Å². The first-order valence-corrected chi connectivity index (χ1v) is 5.79. The molecule has 0 aromatic heterocycles. The van der Waals surface area contributed by atoms with E-state index >= 15 is 0 Å². The maximum Gasteiger partial charge on any atom is 0.312 e. The van der Waals surface area contributed by atoms with Crippen LogP contribution < -0.4 is 4.74 Å². The number of rotatable bonds is 5. The van der Waals surface area contributed by atoms with Gasteiger partial charge >= 0.3 is 5.97 Å². The largest absolute Gasteiger partial charge is 0.497 e. The molecule has 0 aliphatic carbocycles. The standard InChI is InChI=1S/C14H20O4/c1-13(2,12(15)16)14(3,17)9-10-5-7-11(18-4)8-6-10/h5-8,17H,9H2,1-4H3,(H,15,16). The molecule has 1 atom stereocenters. The summed E-state index contributed by atoms with van der Waals surface area (Å²) in [5.41, 5.74) is -1.67. The highest BCUT2D eigenvalue weighted by atomic mass is 16.5. The molecule has 0 radical (unpaired) electrons. The van der Waals surface area contributed by atoms with Crippen molar-refractivity contribution in [2.24, 2.45) is 5.41 Å². The first-order valence-electron chi connectivity index (χ1n) is 5.79. The molecule has 2 N–H and O–H groups in total. The van der Waals surface area contributed by atoms with Crippen LogP contribution in [0.4, 0.5) is 0 Å². The Labute approximate surface area is 107 Å². The molecule has 1 unspecified atom stereocenters. The molecular formula is C14H20O4. The van der Waals surface area contributed by atoms with Crippen LogP contribution in [0, 0.1) is 5.41 Å². The van der Waals surface area contributed by atoms with Gasteiger partial charge in [0.15, 0.2) is 0 Å². The first-order chi connectivity index (χ1) is 8.20. The molecule has 4 heteroatoms. The third kappa shape index (κ3) is 2.82. The van der Waals surface area contributed by atoms with E-state index in [1.165, 1.54) is 13.8 Å². The number of hydrogen-bond acceptors (Lipinski definition) is 3. The van der Waals surface area contributed by atoms with E-state index in [-0.39, 0.29) is 6.42 Å². The summed E-state index contributed by atoms with van der Waals surface area (Å²) in [7, 11) is 1.58. The number of carboxylic acid groups (broad SMARTS) is 1. The molecule has 0 bridgehead atoms. The van der Waals surface area contributed by atoms with Crippen molar-refractivity contribution in [3.8, 4) is 5.75 Å². The van der Waals surface area contributed by atoms with Crippen LogP contribution in [0.25, 0.3) is 0 Å². The van der Waals surface area contributed by atoms with Crippen LogP contribution in [-0.4, -0.2) is 28.9 Å². The number of carbonyl (C=O) groups is 1. The Balaban J connectivity index is 2.91. The monoisotopic (exact) mass is 252 g/mol. The van der Waals surface area contributed by atoms with Crippen LogP contribution in [-0.2, 0) is 11.2 Å². The first kappa shape index (κ1) is 14.5. The fourth-order valence-electron chi connectivity index (χ4n) is 1.59. The highest BCUT2D eigenvalue weighted by Gasteiger charge is 2.45. The van der Waals surface area contributed by atoms with E-state index < -0.39 is 17.0 Å². The predicted octanol–water partition coefficient (Wildman–Crippen LogP) is 2.10. The van der Waals surface area contributed by atoms with E-state index in [1.807, 2.05) is 12.1 Å². The summed E-state index contributed by atoms with van der Waals surface area (Å²) < 4.78 is 5.05. The molecule has 0 amide bonds. The van der Waals surface area contributed by atoms with Crippen molar-refractivity contribution < 1.29 is 19.7 Å². The average Bonchev–Trinajstić information content (AvgIpc) is 2.29. The van der Waals surface area contributed by atoms with Gasteiger partial charge in [0.05, 0.1) is 18.1 Å². The minimum Gasteiger partial charge on any atom is -0.497 e. The third-order valence-electron chi connectivity index (χ3n) is 3.59. The lowest BCUT2D eigenvalue weighted by Gasteiger charge is -2.36. The zero-order chi connectivity index (χ0) is 14.0. The zero-order valence-corrected chi connectivity index (χ0v) is 11.2. The van der Waals surface area contributed by atoms with Gasteiger partial charge < -0.3 is 14.9 Å². The molecule has 0 saturated carbocycles. The third-order valence-corrected chi connectivity index (χ3v) is 3.59. The quantitative estimate of drug-likeness (QED) is 0.842. The number of aliphatic carboxylic acids is 1. The second-order valence-electron chi connectivity index (χ2n) is 5.23. The molecule has 0 saturated heterocycles. The molecule has 1 aromatic rings. The Morgan fingerprint density at radius 3 is 2.11 bits per heavy atom. The van der Waals surface area contributed by atoms with Crippen molar-refractivity contribution in [2.75, 3.05) is 7.11 Å². The Morgan fingerprint density at radius 1 is 1.22 bits per heavy atom. The Kier molecular flexibility index (Phi) is 4.02. The normalized spacial score (nSPS) is 14.9. The van der Waals surface area contributed by atoms with Gasteiger partial charge in [-0.1, -0.05) is 12.1 Å². The number of hydrogen-bond donors (Lipinski definition) is 2. The van der Waals surface area contributed by atoms with E-state index in [9.17, 15) is 9.90 Å². The molecule has 4 nitrogen and oxygen atoms in total. The molecule has 0 aliphatic rings. The number of carboxylic acids is 1. The average molecular weight is 252 g/mol. The summed E-state index contributed by atoms with van der Waals surface area (Å²) in [6.07, 6.45) is 0.274. The van der Waals surface area contributed by atoms with E-state index in [4.69, 9.17) is 9.84 Å². The van der Waals surface area contributed by atoms with Crippen LogP contribution in [0.1, 0.15) is 26.3 Å². The lowest BCUT2D eigenvalue weighted by atomic mass is 9.73. The van der Waals surface area contributed by atoms with E-state index in [1.54, 1.807) is 26.2 Å². The SMILES string of the molecule is COc1ccc(CC(C)(O)C(C)(C)C(=O)O)cc1. The van der Waals surface area contributed by atoms with E-state index in [2.05, 4.69) is 0 Å². The summed E-state index contributed by atoms with van der Waals surface area (Å²) in [4.78, 5) is 11.2. The van der Waals surface area contributed by atoms with Gasteiger partial charge in [-0.15, -0.1) is 0 Å². The van der Waals surface area contributed by atoms with Crippen LogP contribution in [0.5, 0.6) is 5.75 Å². The van der Waals surface area contributed by atoms with E-state index in [0.717, 1.165) is 11.3 Å². The summed E-state index contributed by atoms with van der Waals surface area (Å²) in [6, 6.07) is 7.23. The summed E-state index contributed by atoms with van der Waals surface area (Å²) in [6.45, 7) is 4.60. The predicted molar refractivity (Wildman–Crippen MR) is 68.7 cm³/mol. The summed E-state index contributed by atoms with van der Waals surface area (Å²) >= 11 is 0. The van der Waals surface area contributed by atoms with Crippen molar-refractivity contribution in [3.05, 3.63) is 29.8 Å². The van der Waals surface area contributed by atoms with Crippen molar-refractivity contribution in [1.29, 1.82) is 0 Å². The topological polar surface area (TPSA) is 66.8 Å². The summed E-state index contributed by atoms with van der Waals surface area (Å²) in [5.74, 6) is -0.281. The van der Waals surface area contributed by atoms with Crippen molar-refractivity contribution in [3.63, 3.8) is 0 Å². The van der Waals surface area contributed by atoms with Gasteiger partial charge in [0.1, 0.15) is 5.75 Å². The van der Waals surface area contributed by atoms with Gasteiger partial charge in [-0.05, 0) is 38.5 Å². The molecule has 0 fully saturated rings. The Morgan fingerprint density at radius 2 is 1.72 bits per heavy atom. The second kappa shape index (κ2) is 4.98. The van der Waals surface area contributed by atoms with Crippen molar-refractivity contribution in [1.82, 2.24) is 0 Å². The van der Waals surface area contributed by atoms with Crippen molar-refractivity contribution in [2.45, 2.75) is 32.8 Å². The lowest BCUT2D eigenvalue weighted by Crippen LogP contribution is -2.48. The minimum atomic E-state index is -1.33. The number of aliphatic hydroxyl groups is 1. The zero-order valence-electron chi connectivity index (χ0n) is 11.2. The second-order valence-corrected chi connectivity index (χ2v) is 5.23. The van der Waals surface area contributed by atoms with Gasteiger partial charge in [-0.25, -0.2) is 0 Å². The number of benzene rings is 1.